The fourth-order valence-corrected chi connectivity index (χ4v) is 3.12. The van der Waals surface area contributed by atoms with Crippen LogP contribution in [0, 0.1) is 0 Å². The molecule has 19 heavy (non-hydrogen) atoms. The van der Waals surface area contributed by atoms with E-state index in [1.54, 1.807) is 12.1 Å². The van der Waals surface area contributed by atoms with E-state index in [4.69, 9.17) is 16.3 Å². The maximum atomic E-state index is 12.1. The smallest absolute Gasteiger partial charge is 0.237 e. The summed E-state index contributed by atoms with van der Waals surface area (Å²) in [7, 11) is -0.782. The molecule has 1 aromatic carbocycles. The number of hydrogen-bond donors (Lipinski definition) is 1. The van der Waals surface area contributed by atoms with Crippen molar-refractivity contribution in [3.8, 4) is 5.75 Å². The van der Waals surface area contributed by atoms with E-state index in [9.17, 15) is 13.2 Å². The normalized spacial score (nSPS) is 12.8. The van der Waals surface area contributed by atoms with E-state index in [0.717, 1.165) is 0 Å². The molecule has 106 valence electrons. The van der Waals surface area contributed by atoms with Crippen LogP contribution in [-0.2, 0) is 20.4 Å². The number of hydrogen-bond acceptors (Lipinski definition) is 4. The first-order valence-corrected chi connectivity index (χ1v) is 7.66. The van der Waals surface area contributed by atoms with Gasteiger partial charge in [0.05, 0.1) is 12.9 Å². The third-order valence-electron chi connectivity index (χ3n) is 2.75. The first-order valence-electron chi connectivity index (χ1n) is 5.57. The van der Waals surface area contributed by atoms with Gasteiger partial charge >= 0.3 is 0 Å². The van der Waals surface area contributed by atoms with Gasteiger partial charge in [-0.05, 0) is 25.1 Å². The largest absolute Gasteiger partial charge is 0.496 e. The van der Waals surface area contributed by atoms with Crippen LogP contribution in [0.5, 0.6) is 5.75 Å². The minimum Gasteiger partial charge on any atom is -0.496 e. The van der Waals surface area contributed by atoms with Crippen LogP contribution in [-0.4, -0.2) is 33.7 Å². The second-order valence-electron chi connectivity index (χ2n) is 4.02. The molecule has 0 aliphatic heterocycles. The second-order valence-corrected chi connectivity index (χ2v) is 6.78. The standard InChI is InChI=1S/C12H16ClNO4S/c1-8(12(15)14-2)19(16,17)7-9-6-10(13)4-5-11(9)18-3/h4-6,8H,7H2,1-3H3,(H,14,15)/t8-/m0/s1. The topological polar surface area (TPSA) is 72.5 Å². The summed E-state index contributed by atoms with van der Waals surface area (Å²) in [4.78, 5) is 11.4. The Balaban J connectivity index is 3.08. The lowest BCUT2D eigenvalue weighted by Gasteiger charge is -2.13. The molecule has 1 atom stereocenters. The van der Waals surface area contributed by atoms with Crippen molar-refractivity contribution in [3.05, 3.63) is 28.8 Å². The van der Waals surface area contributed by atoms with Gasteiger partial charge in [0.2, 0.25) is 5.91 Å². The van der Waals surface area contributed by atoms with E-state index in [1.807, 2.05) is 0 Å². The molecule has 0 aromatic heterocycles. The molecular formula is C12H16ClNO4S. The summed E-state index contributed by atoms with van der Waals surface area (Å²) in [6, 6.07) is 4.73. The fraction of sp³-hybridized carbons (Fsp3) is 0.417. The van der Waals surface area contributed by atoms with Gasteiger partial charge in [-0.15, -0.1) is 0 Å². The van der Waals surface area contributed by atoms with Crippen LogP contribution >= 0.6 is 11.6 Å². The highest BCUT2D eigenvalue weighted by atomic mass is 35.5. The Labute approximate surface area is 117 Å². The van der Waals surface area contributed by atoms with Crippen LogP contribution in [0.2, 0.25) is 5.02 Å². The van der Waals surface area contributed by atoms with Crippen molar-refractivity contribution in [2.24, 2.45) is 0 Å². The molecule has 0 heterocycles. The lowest BCUT2D eigenvalue weighted by Crippen LogP contribution is -2.36. The summed E-state index contributed by atoms with van der Waals surface area (Å²) in [5, 5.41) is 1.61. The van der Waals surface area contributed by atoms with E-state index >= 15 is 0 Å². The molecule has 0 radical (unpaired) electrons. The highest BCUT2D eigenvalue weighted by Gasteiger charge is 2.28. The summed E-state index contributed by atoms with van der Waals surface area (Å²) in [5.41, 5.74) is 0.436. The molecule has 5 nitrogen and oxygen atoms in total. The van der Waals surface area contributed by atoms with Gasteiger partial charge in [0.1, 0.15) is 11.0 Å². The average Bonchev–Trinajstić information content (AvgIpc) is 2.36. The van der Waals surface area contributed by atoms with Gasteiger partial charge in [0.15, 0.2) is 9.84 Å². The summed E-state index contributed by atoms with van der Waals surface area (Å²) in [6.45, 7) is 1.35. The number of ether oxygens (including phenoxy) is 1. The molecule has 0 spiro atoms. The highest BCUT2D eigenvalue weighted by molar-refractivity contribution is 7.92. The second kappa shape index (κ2) is 6.25. The number of amides is 1. The van der Waals surface area contributed by atoms with E-state index in [2.05, 4.69) is 5.32 Å². The zero-order valence-corrected chi connectivity index (χ0v) is 12.5. The van der Waals surface area contributed by atoms with Crippen LogP contribution in [0.3, 0.4) is 0 Å². The monoisotopic (exact) mass is 305 g/mol. The minimum atomic E-state index is -3.62. The number of rotatable bonds is 5. The molecule has 1 aromatic rings. The molecular weight excluding hydrogens is 290 g/mol. The van der Waals surface area contributed by atoms with Gasteiger partial charge in [-0.3, -0.25) is 4.79 Å². The molecule has 0 saturated carbocycles. The van der Waals surface area contributed by atoms with Crippen molar-refractivity contribution >= 4 is 27.3 Å². The van der Waals surface area contributed by atoms with E-state index in [1.165, 1.54) is 27.1 Å². The fourth-order valence-electron chi connectivity index (χ4n) is 1.57. The molecule has 0 fully saturated rings. The number of methoxy groups -OCH3 is 1. The average molecular weight is 306 g/mol. The van der Waals surface area contributed by atoms with Crippen LogP contribution < -0.4 is 10.1 Å². The van der Waals surface area contributed by atoms with Crippen molar-refractivity contribution in [1.82, 2.24) is 5.32 Å². The van der Waals surface area contributed by atoms with Crippen molar-refractivity contribution in [2.45, 2.75) is 17.9 Å². The Kier molecular flexibility index (Phi) is 5.20. The van der Waals surface area contributed by atoms with Gasteiger partial charge in [0, 0.05) is 17.6 Å². The molecule has 0 unspecified atom stereocenters. The number of carbonyl (C=O) groups is 1. The van der Waals surface area contributed by atoms with E-state index in [-0.39, 0.29) is 5.75 Å². The lowest BCUT2D eigenvalue weighted by molar-refractivity contribution is -0.119. The van der Waals surface area contributed by atoms with Crippen LogP contribution in [0.25, 0.3) is 0 Å². The Morgan fingerprint density at radius 1 is 1.47 bits per heavy atom. The lowest BCUT2D eigenvalue weighted by atomic mass is 10.2. The van der Waals surface area contributed by atoms with E-state index < -0.39 is 21.0 Å². The third kappa shape index (κ3) is 3.84. The van der Waals surface area contributed by atoms with Crippen molar-refractivity contribution in [3.63, 3.8) is 0 Å². The zero-order chi connectivity index (χ0) is 14.6. The molecule has 1 N–H and O–H groups in total. The first-order chi connectivity index (χ1) is 8.81. The van der Waals surface area contributed by atoms with Gasteiger partial charge in [-0.1, -0.05) is 11.6 Å². The Morgan fingerprint density at radius 2 is 2.11 bits per heavy atom. The van der Waals surface area contributed by atoms with Gasteiger partial charge in [-0.25, -0.2) is 8.42 Å². The highest BCUT2D eigenvalue weighted by Crippen LogP contribution is 2.25. The molecule has 7 heteroatoms. The number of carbonyl (C=O) groups excluding carboxylic acids is 1. The number of nitrogens with one attached hydrogen (secondary N) is 1. The quantitative estimate of drug-likeness (QED) is 0.892. The minimum absolute atomic E-state index is 0.300. The van der Waals surface area contributed by atoms with E-state index in [0.29, 0.717) is 16.3 Å². The number of halogens is 1. The molecule has 0 bridgehead atoms. The maximum absolute atomic E-state index is 12.1. The van der Waals surface area contributed by atoms with Crippen molar-refractivity contribution < 1.29 is 17.9 Å². The Morgan fingerprint density at radius 3 is 2.63 bits per heavy atom. The van der Waals surface area contributed by atoms with Crippen LogP contribution in [0.15, 0.2) is 18.2 Å². The zero-order valence-electron chi connectivity index (χ0n) is 10.9. The van der Waals surface area contributed by atoms with Gasteiger partial charge in [0.25, 0.3) is 0 Å². The van der Waals surface area contributed by atoms with Crippen molar-refractivity contribution in [2.75, 3.05) is 14.2 Å². The summed E-state index contributed by atoms with van der Waals surface area (Å²) in [5.74, 6) is -0.413. The van der Waals surface area contributed by atoms with Gasteiger partial charge < -0.3 is 10.1 Å². The predicted octanol–water partition coefficient (Wildman–Crippen LogP) is 1.40. The molecule has 1 rings (SSSR count). The molecule has 0 saturated heterocycles. The maximum Gasteiger partial charge on any atom is 0.237 e. The van der Waals surface area contributed by atoms with Gasteiger partial charge in [-0.2, -0.15) is 0 Å². The SMILES string of the molecule is CNC(=O)[C@H](C)S(=O)(=O)Cc1cc(Cl)ccc1OC. The van der Waals surface area contributed by atoms with Crippen molar-refractivity contribution in [1.29, 1.82) is 0 Å². The molecule has 0 aliphatic carbocycles. The predicted molar refractivity (Wildman–Crippen MR) is 74.2 cm³/mol. The number of benzene rings is 1. The van der Waals surface area contributed by atoms with Crippen LogP contribution in [0.1, 0.15) is 12.5 Å². The molecule has 1 amide bonds. The first kappa shape index (κ1) is 15.8. The van der Waals surface area contributed by atoms with Crippen LogP contribution in [0.4, 0.5) is 0 Å². The summed E-state index contributed by atoms with van der Waals surface area (Å²) < 4.78 is 29.3. The summed E-state index contributed by atoms with van der Waals surface area (Å²) in [6.07, 6.45) is 0. The number of sulfone groups is 1. The molecule has 0 aliphatic rings. The Bertz CT molecular complexity index is 571. The Hall–Kier alpha value is -1.27. The third-order valence-corrected chi connectivity index (χ3v) is 4.99. The summed E-state index contributed by atoms with van der Waals surface area (Å²) >= 11 is 5.84.